The molecule has 0 aliphatic rings. The highest BCUT2D eigenvalue weighted by atomic mass is 16.1. The number of unbranched alkanes of at least 4 members (excludes halogenated alkanes) is 1. The largest absolute Gasteiger partial charge is 0.330 e. The summed E-state index contributed by atoms with van der Waals surface area (Å²) in [6, 6.07) is 8.40. The highest BCUT2D eigenvalue weighted by molar-refractivity contribution is 5.96. The van der Waals surface area contributed by atoms with Gasteiger partial charge in [-0.05, 0) is 18.4 Å². The standard InChI is InChI=1S/C18H24N2O/c1-3-5-7-18(21)16-10-8-15(9-11-16)17(6-4-2)20-13-12-19-14-20/h8-14,17H,3-7H2,1-2H3. The molecule has 0 N–H and O–H groups in total. The number of hydrogen-bond donors (Lipinski definition) is 0. The van der Waals surface area contributed by atoms with Crippen molar-refractivity contribution in [1.29, 1.82) is 0 Å². The quantitative estimate of drug-likeness (QED) is 0.662. The first-order valence-corrected chi connectivity index (χ1v) is 7.86. The summed E-state index contributed by atoms with van der Waals surface area (Å²) in [5.41, 5.74) is 2.06. The normalized spacial score (nSPS) is 12.3. The molecule has 21 heavy (non-hydrogen) atoms. The second-order valence-corrected chi connectivity index (χ2v) is 5.46. The molecule has 3 nitrogen and oxygen atoms in total. The zero-order valence-electron chi connectivity index (χ0n) is 13.0. The van der Waals surface area contributed by atoms with Crippen molar-refractivity contribution in [2.75, 3.05) is 0 Å². The first-order valence-electron chi connectivity index (χ1n) is 7.86. The summed E-state index contributed by atoms with van der Waals surface area (Å²) in [5.74, 6) is 0.248. The van der Waals surface area contributed by atoms with E-state index in [1.165, 1.54) is 5.56 Å². The Labute approximate surface area is 127 Å². The van der Waals surface area contributed by atoms with Crippen LogP contribution in [0.25, 0.3) is 0 Å². The summed E-state index contributed by atoms with van der Waals surface area (Å²) >= 11 is 0. The lowest BCUT2D eigenvalue weighted by molar-refractivity contribution is 0.0980. The van der Waals surface area contributed by atoms with E-state index in [0.29, 0.717) is 12.5 Å². The van der Waals surface area contributed by atoms with Crippen LogP contribution in [0.3, 0.4) is 0 Å². The van der Waals surface area contributed by atoms with E-state index in [2.05, 4.69) is 35.5 Å². The molecule has 0 spiro atoms. The highest BCUT2D eigenvalue weighted by Crippen LogP contribution is 2.24. The van der Waals surface area contributed by atoms with Gasteiger partial charge in [-0.15, -0.1) is 0 Å². The molecular formula is C18H24N2O. The average Bonchev–Trinajstić information content (AvgIpc) is 3.04. The van der Waals surface area contributed by atoms with Gasteiger partial charge in [-0.25, -0.2) is 4.98 Å². The maximum atomic E-state index is 12.0. The van der Waals surface area contributed by atoms with Crippen LogP contribution < -0.4 is 0 Å². The van der Waals surface area contributed by atoms with Gasteiger partial charge in [0.15, 0.2) is 5.78 Å². The monoisotopic (exact) mass is 284 g/mol. The molecule has 1 aromatic carbocycles. The fourth-order valence-corrected chi connectivity index (χ4v) is 2.59. The number of ketones is 1. The van der Waals surface area contributed by atoms with Gasteiger partial charge in [0.25, 0.3) is 0 Å². The van der Waals surface area contributed by atoms with Crippen molar-refractivity contribution in [2.24, 2.45) is 0 Å². The van der Waals surface area contributed by atoms with E-state index in [0.717, 1.165) is 31.2 Å². The molecule has 1 heterocycles. The Morgan fingerprint density at radius 2 is 1.95 bits per heavy atom. The molecule has 0 aliphatic carbocycles. The number of carbonyl (C=O) groups is 1. The van der Waals surface area contributed by atoms with Crippen LogP contribution in [0.2, 0.25) is 0 Å². The SMILES string of the molecule is CCCCC(=O)c1ccc(C(CCC)n2ccnc2)cc1. The predicted octanol–water partition coefficient (Wildman–Crippen LogP) is 4.65. The molecule has 3 heteroatoms. The lowest BCUT2D eigenvalue weighted by Crippen LogP contribution is -2.09. The van der Waals surface area contributed by atoms with Gasteiger partial charge in [0, 0.05) is 24.4 Å². The predicted molar refractivity (Wildman–Crippen MR) is 85.6 cm³/mol. The molecule has 0 amide bonds. The van der Waals surface area contributed by atoms with E-state index >= 15 is 0 Å². The molecule has 1 atom stereocenters. The third-order valence-electron chi connectivity index (χ3n) is 3.82. The molecule has 0 fully saturated rings. The Morgan fingerprint density at radius 1 is 1.19 bits per heavy atom. The van der Waals surface area contributed by atoms with Gasteiger partial charge >= 0.3 is 0 Å². The van der Waals surface area contributed by atoms with E-state index < -0.39 is 0 Å². The van der Waals surface area contributed by atoms with E-state index in [-0.39, 0.29) is 5.78 Å². The van der Waals surface area contributed by atoms with Crippen molar-refractivity contribution in [3.63, 3.8) is 0 Å². The highest BCUT2D eigenvalue weighted by Gasteiger charge is 2.13. The van der Waals surface area contributed by atoms with Crippen molar-refractivity contribution < 1.29 is 4.79 Å². The molecular weight excluding hydrogens is 260 g/mol. The summed E-state index contributed by atoms with van der Waals surface area (Å²) < 4.78 is 2.14. The number of nitrogens with zero attached hydrogens (tertiary/aromatic N) is 2. The zero-order valence-corrected chi connectivity index (χ0v) is 13.0. The van der Waals surface area contributed by atoms with Crippen molar-refractivity contribution in [3.8, 4) is 0 Å². The molecule has 0 saturated carbocycles. The van der Waals surface area contributed by atoms with Crippen molar-refractivity contribution in [3.05, 3.63) is 54.1 Å². The van der Waals surface area contributed by atoms with Gasteiger partial charge in [0.2, 0.25) is 0 Å². The molecule has 0 aliphatic heterocycles. The van der Waals surface area contributed by atoms with E-state index in [1.807, 2.05) is 30.9 Å². The van der Waals surface area contributed by atoms with Crippen LogP contribution in [0.4, 0.5) is 0 Å². The topological polar surface area (TPSA) is 34.9 Å². The third kappa shape index (κ3) is 4.03. The van der Waals surface area contributed by atoms with Gasteiger partial charge in [-0.1, -0.05) is 51.0 Å². The fraction of sp³-hybridized carbons (Fsp3) is 0.444. The van der Waals surface area contributed by atoms with E-state index in [4.69, 9.17) is 0 Å². The lowest BCUT2D eigenvalue weighted by Gasteiger charge is -2.18. The van der Waals surface area contributed by atoms with Crippen LogP contribution >= 0.6 is 0 Å². The summed E-state index contributed by atoms with van der Waals surface area (Å²) in [6.07, 6.45) is 10.5. The Balaban J connectivity index is 2.14. The number of Topliss-reactive ketones (excluding diaryl/α,β-unsaturated/α-hetero) is 1. The molecule has 112 valence electrons. The fourth-order valence-electron chi connectivity index (χ4n) is 2.59. The van der Waals surface area contributed by atoms with Gasteiger partial charge in [-0.3, -0.25) is 4.79 Å². The summed E-state index contributed by atoms with van der Waals surface area (Å²) in [5, 5.41) is 0. The van der Waals surface area contributed by atoms with Crippen LogP contribution in [-0.2, 0) is 0 Å². The minimum Gasteiger partial charge on any atom is -0.330 e. The van der Waals surface area contributed by atoms with Gasteiger partial charge in [0.1, 0.15) is 0 Å². The van der Waals surface area contributed by atoms with Gasteiger partial charge in [0.05, 0.1) is 12.4 Å². The number of rotatable bonds is 8. The Bertz CT molecular complexity index is 543. The number of aromatic nitrogens is 2. The van der Waals surface area contributed by atoms with Gasteiger partial charge < -0.3 is 4.57 Å². The Hall–Kier alpha value is -1.90. The molecule has 2 aromatic rings. The van der Waals surface area contributed by atoms with Gasteiger partial charge in [-0.2, -0.15) is 0 Å². The maximum Gasteiger partial charge on any atom is 0.162 e. The second kappa shape index (κ2) is 7.77. The van der Waals surface area contributed by atoms with Crippen LogP contribution in [0.15, 0.2) is 43.0 Å². The Morgan fingerprint density at radius 3 is 2.52 bits per heavy atom. The van der Waals surface area contributed by atoms with Crippen LogP contribution in [0.1, 0.15) is 67.9 Å². The minimum absolute atomic E-state index is 0.248. The lowest BCUT2D eigenvalue weighted by atomic mass is 9.98. The van der Waals surface area contributed by atoms with Crippen LogP contribution in [0, 0.1) is 0 Å². The summed E-state index contributed by atoms with van der Waals surface area (Å²) in [7, 11) is 0. The molecule has 0 bridgehead atoms. The smallest absolute Gasteiger partial charge is 0.162 e. The van der Waals surface area contributed by atoms with Crippen LogP contribution in [-0.4, -0.2) is 15.3 Å². The Kier molecular flexibility index (Phi) is 5.73. The first kappa shape index (κ1) is 15.5. The summed E-state index contributed by atoms with van der Waals surface area (Å²) in [6.45, 7) is 4.30. The van der Waals surface area contributed by atoms with Crippen LogP contribution in [0.5, 0.6) is 0 Å². The molecule has 1 aromatic heterocycles. The maximum absolute atomic E-state index is 12.0. The molecule has 0 saturated heterocycles. The first-order chi connectivity index (χ1) is 10.3. The second-order valence-electron chi connectivity index (χ2n) is 5.46. The number of benzene rings is 1. The van der Waals surface area contributed by atoms with Crippen molar-refractivity contribution in [2.45, 2.75) is 52.0 Å². The average molecular weight is 284 g/mol. The number of hydrogen-bond acceptors (Lipinski definition) is 2. The van der Waals surface area contributed by atoms with Crippen molar-refractivity contribution in [1.82, 2.24) is 9.55 Å². The molecule has 2 rings (SSSR count). The summed E-state index contributed by atoms with van der Waals surface area (Å²) in [4.78, 5) is 16.2. The number of carbonyl (C=O) groups excluding carboxylic acids is 1. The van der Waals surface area contributed by atoms with Crippen molar-refractivity contribution >= 4 is 5.78 Å². The molecule has 1 unspecified atom stereocenters. The zero-order chi connectivity index (χ0) is 15.1. The van der Waals surface area contributed by atoms with E-state index in [9.17, 15) is 4.79 Å². The van der Waals surface area contributed by atoms with E-state index in [1.54, 1.807) is 0 Å². The molecule has 0 radical (unpaired) electrons. The third-order valence-corrected chi connectivity index (χ3v) is 3.82. The number of imidazole rings is 1. The minimum atomic E-state index is 0.248.